The number of hydrogen-bond acceptors (Lipinski definition) is 4. The average Bonchev–Trinajstić information content (AvgIpc) is 2.96. The van der Waals surface area contributed by atoms with Gasteiger partial charge in [0.15, 0.2) is 0 Å². The van der Waals surface area contributed by atoms with Crippen molar-refractivity contribution in [1.29, 1.82) is 0 Å². The van der Waals surface area contributed by atoms with Crippen LogP contribution >= 0.6 is 11.3 Å². The van der Waals surface area contributed by atoms with Gasteiger partial charge < -0.3 is 0 Å². The minimum atomic E-state index is -0.241. The van der Waals surface area contributed by atoms with Gasteiger partial charge in [-0.25, -0.2) is 19.3 Å². The van der Waals surface area contributed by atoms with Crippen molar-refractivity contribution in [3.05, 3.63) is 65.4 Å². The third-order valence-electron chi connectivity index (χ3n) is 2.64. The van der Waals surface area contributed by atoms with Crippen molar-refractivity contribution in [3.63, 3.8) is 0 Å². The number of aromatic nitrogens is 3. The average molecular weight is 283 g/mol. The van der Waals surface area contributed by atoms with Crippen molar-refractivity contribution in [2.45, 2.75) is 0 Å². The second-order valence-electron chi connectivity index (χ2n) is 4.05. The van der Waals surface area contributed by atoms with E-state index in [-0.39, 0.29) is 5.82 Å². The van der Waals surface area contributed by atoms with Gasteiger partial charge in [-0.1, -0.05) is 0 Å². The molecule has 0 saturated carbocycles. The van der Waals surface area contributed by atoms with E-state index in [0.717, 1.165) is 22.0 Å². The molecule has 0 fully saturated rings. The van der Waals surface area contributed by atoms with Crippen molar-refractivity contribution < 1.29 is 4.39 Å². The Morgan fingerprint density at radius 1 is 1.00 bits per heavy atom. The lowest BCUT2D eigenvalue weighted by molar-refractivity contribution is 0.628. The van der Waals surface area contributed by atoms with Crippen LogP contribution in [0.5, 0.6) is 0 Å². The van der Waals surface area contributed by atoms with Gasteiger partial charge in [-0.3, -0.25) is 0 Å². The Hall–Kier alpha value is -2.40. The summed E-state index contributed by atoms with van der Waals surface area (Å²) in [4.78, 5) is 12.5. The molecule has 2 aromatic heterocycles. The molecule has 0 bridgehead atoms. The first kappa shape index (κ1) is 12.6. The van der Waals surface area contributed by atoms with Crippen molar-refractivity contribution in [3.8, 4) is 10.6 Å². The lowest BCUT2D eigenvalue weighted by Crippen LogP contribution is -1.81. The smallest absolute Gasteiger partial charge is 0.124 e. The first-order valence-corrected chi connectivity index (χ1v) is 6.85. The number of rotatable bonds is 3. The van der Waals surface area contributed by atoms with Crippen LogP contribution < -0.4 is 0 Å². The molecule has 0 unspecified atom stereocenters. The van der Waals surface area contributed by atoms with Gasteiger partial charge in [0.05, 0.1) is 11.4 Å². The summed E-state index contributed by atoms with van der Waals surface area (Å²) in [6.45, 7) is 0. The zero-order valence-corrected chi connectivity index (χ0v) is 11.2. The molecule has 0 radical (unpaired) electrons. The van der Waals surface area contributed by atoms with E-state index in [4.69, 9.17) is 0 Å². The Bertz CT molecular complexity index is 720. The van der Waals surface area contributed by atoms with E-state index in [1.54, 1.807) is 18.3 Å². The molecule has 0 aliphatic carbocycles. The van der Waals surface area contributed by atoms with Crippen LogP contribution in [0.1, 0.15) is 11.4 Å². The first-order chi connectivity index (χ1) is 9.81. The van der Waals surface area contributed by atoms with Crippen LogP contribution in [-0.4, -0.2) is 15.0 Å². The van der Waals surface area contributed by atoms with Crippen LogP contribution in [0.2, 0.25) is 0 Å². The highest BCUT2D eigenvalue weighted by Gasteiger charge is 2.03. The third kappa shape index (κ3) is 2.95. The quantitative estimate of drug-likeness (QED) is 0.731. The van der Waals surface area contributed by atoms with Crippen molar-refractivity contribution in [2.75, 3.05) is 0 Å². The maximum absolute atomic E-state index is 12.9. The Labute approximate surface area is 119 Å². The standard InChI is InChI=1S/C15H10FN3S/c16-12-3-1-11(2-4-12)15-19-14(9-20-15)6-5-13-7-8-17-10-18-13/h1-10H. The zero-order chi connectivity index (χ0) is 13.8. The second-order valence-corrected chi connectivity index (χ2v) is 4.91. The van der Waals surface area contributed by atoms with Crippen LogP contribution in [0, 0.1) is 5.82 Å². The molecule has 0 saturated heterocycles. The van der Waals surface area contributed by atoms with Crippen molar-refractivity contribution in [2.24, 2.45) is 0 Å². The summed E-state index contributed by atoms with van der Waals surface area (Å²) >= 11 is 1.53. The molecule has 2 heterocycles. The highest BCUT2D eigenvalue weighted by Crippen LogP contribution is 2.24. The van der Waals surface area contributed by atoms with Gasteiger partial charge in [0, 0.05) is 17.1 Å². The molecule has 0 N–H and O–H groups in total. The zero-order valence-electron chi connectivity index (χ0n) is 10.4. The molecule has 0 amide bonds. The molecular weight excluding hydrogens is 273 g/mol. The van der Waals surface area contributed by atoms with Crippen LogP contribution in [0.15, 0.2) is 48.2 Å². The van der Waals surface area contributed by atoms with Gasteiger partial charge in [-0.2, -0.15) is 0 Å². The summed E-state index contributed by atoms with van der Waals surface area (Å²) in [5.41, 5.74) is 2.60. The number of nitrogens with zero attached hydrogens (tertiary/aromatic N) is 3. The van der Waals surface area contributed by atoms with Gasteiger partial charge in [0.2, 0.25) is 0 Å². The summed E-state index contributed by atoms with van der Waals surface area (Å²) in [5, 5.41) is 2.82. The Kier molecular flexibility index (Phi) is 3.60. The predicted octanol–water partition coefficient (Wildman–Crippen LogP) is 3.91. The topological polar surface area (TPSA) is 38.7 Å². The fourth-order valence-electron chi connectivity index (χ4n) is 1.66. The first-order valence-electron chi connectivity index (χ1n) is 5.97. The number of thiazole rings is 1. The number of halogens is 1. The van der Waals surface area contributed by atoms with Crippen LogP contribution in [0.3, 0.4) is 0 Å². The molecule has 98 valence electrons. The minimum absolute atomic E-state index is 0.241. The summed E-state index contributed by atoms with van der Waals surface area (Å²) in [6.07, 6.45) is 6.97. The number of hydrogen-bond donors (Lipinski definition) is 0. The molecule has 0 spiro atoms. The molecule has 5 heteroatoms. The third-order valence-corrected chi connectivity index (χ3v) is 3.55. The van der Waals surface area contributed by atoms with Crippen LogP contribution in [-0.2, 0) is 0 Å². The molecule has 0 atom stereocenters. The van der Waals surface area contributed by atoms with Crippen LogP contribution in [0.4, 0.5) is 4.39 Å². The lowest BCUT2D eigenvalue weighted by Gasteiger charge is -1.94. The van der Waals surface area contributed by atoms with Gasteiger partial charge in [0.1, 0.15) is 17.2 Å². The van der Waals surface area contributed by atoms with Gasteiger partial charge in [-0.15, -0.1) is 11.3 Å². The second kappa shape index (κ2) is 5.71. The number of benzene rings is 1. The van der Waals surface area contributed by atoms with E-state index in [2.05, 4.69) is 15.0 Å². The van der Waals surface area contributed by atoms with Crippen LogP contribution in [0.25, 0.3) is 22.7 Å². The Balaban J connectivity index is 1.80. The summed E-state index contributed by atoms with van der Waals surface area (Å²) in [6, 6.07) is 8.15. The fraction of sp³-hybridized carbons (Fsp3) is 0. The molecule has 0 aliphatic rings. The summed E-state index contributed by atoms with van der Waals surface area (Å²) in [7, 11) is 0. The SMILES string of the molecule is Fc1ccc(-c2nc(C=Cc3ccncn3)cs2)cc1. The fourth-order valence-corrected chi connectivity index (χ4v) is 2.45. The molecule has 1 aromatic carbocycles. The molecule has 0 aliphatic heterocycles. The summed E-state index contributed by atoms with van der Waals surface area (Å²) < 4.78 is 12.9. The van der Waals surface area contributed by atoms with Crippen molar-refractivity contribution >= 4 is 23.5 Å². The molecule has 20 heavy (non-hydrogen) atoms. The minimum Gasteiger partial charge on any atom is -0.245 e. The van der Waals surface area contributed by atoms with E-state index in [1.807, 2.05) is 23.6 Å². The highest BCUT2D eigenvalue weighted by molar-refractivity contribution is 7.13. The largest absolute Gasteiger partial charge is 0.245 e. The van der Waals surface area contributed by atoms with E-state index in [9.17, 15) is 4.39 Å². The van der Waals surface area contributed by atoms with E-state index in [1.165, 1.54) is 29.8 Å². The Morgan fingerprint density at radius 2 is 1.80 bits per heavy atom. The normalized spacial score (nSPS) is 11.1. The van der Waals surface area contributed by atoms with E-state index >= 15 is 0 Å². The van der Waals surface area contributed by atoms with Crippen molar-refractivity contribution in [1.82, 2.24) is 15.0 Å². The van der Waals surface area contributed by atoms with Gasteiger partial charge in [-0.05, 0) is 42.5 Å². The lowest BCUT2D eigenvalue weighted by atomic mass is 10.2. The predicted molar refractivity (Wildman–Crippen MR) is 78.5 cm³/mol. The van der Waals surface area contributed by atoms with Gasteiger partial charge >= 0.3 is 0 Å². The summed E-state index contributed by atoms with van der Waals surface area (Å²) in [5.74, 6) is -0.241. The molecule has 3 aromatic rings. The van der Waals surface area contributed by atoms with E-state index in [0.29, 0.717) is 0 Å². The maximum atomic E-state index is 12.9. The monoisotopic (exact) mass is 283 g/mol. The van der Waals surface area contributed by atoms with E-state index < -0.39 is 0 Å². The molecule has 3 rings (SSSR count). The molecule has 3 nitrogen and oxygen atoms in total. The molecular formula is C15H10FN3S. The maximum Gasteiger partial charge on any atom is 0.124 e. The van der Waals surface area contributed by atoms with Gasteiger partial charge in [0.25, 0.3) is 0 Å². The highest BCUT2D eigenvalue weighted by atomic mass is 32.1. The Morgan fingerprint density at radius 3 is 2.55 bits per heavy atom.